The first-order valence-electron chi connectivity index (χ1n) is 5.44. The normalized spacial score (nSPS) is 20.6. The van der Waals surface area contributed by atoms with Gasteiger partial charge in [0.2, 0.25) is 5.71 Å². The number of nitrogen functional groups attached to an aromatic ring is 1. The molecule has 1 saturated heterocycles. The number of rotatable bonds is 2. The topological polar surface area (TPSA) is 74.2 Å². The average Bonchev–Trinajstić information content (AvgIpc) is 2.87. The van der Waals surface area contributed by atoms with Gasteiger partial charge in [-0.15, -0.1) is 0 Å². The van der Waals surface area contributed by atoms with E-state index in [1.54, 1.807) is 12.3 Å². The Kier molecular flexibility index (Phi) is 2.25. The van der Waals surface area contributed by atoms with Crippen molar-refractivity contribution in [3.63, 3.8) is 0 Å². The minimum atomic E-state index is 0.229. The minimum absolute atomic E-state index is 0.229. The first-order valence-corrected chi connectivity index (χ1v) is 5.44. The van der Waals surface area contributed by atoms with Gasteiger partial charge in [-0.05, 0) is 18.9 Å². The second-order valence-electron chi connectivity index (χ2n) is 4.00. The fourth-order valence-electron chi connectivity index (χ4n) is 2.02. The Balaban J connectivity index is 1.91. The van der Waals surface area contributed by atoms with Gasteiger partial charge in [0, 0.05) is 13.0 Å². The molecule has 2 aromatic heterocycles. The Labute approximate surface area is 92.6 Å². The molecule has 1 aliphatic heterocycles. The monoisotopic (exact) mass is 219 g/mol. The van der Waals surface area contributed by atoms with Crippen molar-refractivity contribution in [3.05, 3.63) is 18.2 Å². The standard InChI is InChI=1S/C11H13N3O2/c12-10-8-3-5-16-11(8)14-9(13-10)6-7-2-1-4-15-7/h3,5,7H,1-2,4,6H2,(H2,12,13,14)/t7-/m0/s1. The average molecular weight is 219 g/mol. The van der Waals surface area contributed by atoms with Gasteiger partial charge < -0.3 is 14.9 Å². The molecule has 3 rings (SSSR count). The lowest BCUT2D eigenvalue weighted by Crippen LogP contribution is -2.12. The van der Waals surface area contributed by atoms with Crippen LogP contribution >= 0.6 is 0 Å². The predicted molar refractivity (Wildman–Crippen MR) is 58.9 cm³/mol. The van der Waals surface area contributed by atoms with Crippen molar-refractivity contribution in [2.75, 3.05) is 12.3 Å². The molecule has 84 valence electrons. The third-order valence-electron chi connectivity index (χ3n) is 2.84. The summed E-state index contributed by atoms with van der Waals surface area (Å²) in [6.45, 7) is 0.836. The van der Waals surface area contributed by atoms with Crippen molar-refractivity contribution in [2.24, 2.45) is 0 Å². The van der Waals surface area contributed by atoms with Crippen LogP contribution in [-0.4, -0.2) is 22.7 Å². The summed E-state index contributed by atoms with van der Waals surface area (Å²) >= 11 is 0. The van der Waals surface area contributed by atoms with Crippen molar-refractivity contribution in [1.82, 2.24) is 9.97 Å². The Bertz CT molecular complexity index is 503. The fraction of sp³-hybridized carbons (Fsp3) is 0.455. The Hall–Kier alpha value is -1.62. The van der Waals surface area contributed by atoms with Crippen LogP contribution in [0.5, 0.6) is 0 Å². The highest BCUT2D eigenvalue weighted by molar-refractivity contribution is 5.83. The Morgan fingerprint density at radius 2 is 2.38 bits per heavy atom. The van der Waals surface area contributed by atoms with Crippen molar-refractivity contribution in [2.45, 2.75) is 25.4 Å². The van der Waals surface area contributed by atoms with Crippen LogP contribution in [0.25, 0.3) is 11.1 Å². The SMILES string of the molecule is Nc1nc(C[C@@H]2CCCO2)nc2occc12. The maximum Gasteiger partial charge on any atom is 0.231 e. The van der Waals surface area contributed by atoms with Crippen LogP contribution in [0.3, 0.4) is 0 Å². The number of ether oxygens (including phenoxy) is 1. The second kappa shape index (κ2) is 3.75. The number of hydrogen-bond acceptors (Lipinski definition) is 5. The van der Waals surface area contributed by atoms with E-state index in [1.807, 2.05) is 0 Å². The smallest absolute Gasteiger partial charge is 0.231 e. The minimum Gasteiger partial charge on any atom is -0.446 e. The molecular formula is C11H13N3O2. The number of nitrogens with zero attached hydrogens (tertiary/aromatic N) is 2. The van der Waals surface area contributed by atoms with Gasteiger partial charge in [-0.1, -0.05) is 0 Å². The lowest BCUT2D eigenvalue weighted by molar-refractivity contribution is 0.110. The molecule has 0 radical (unpaired) electrons. The quantitative estimate of drug-likeness (QED) is 0.829. The number of nitrogens with two attached hydrogens (primary N) is 1. The number of aromatic nitrogens is 2. The van der Waals surface area contributed by atoms with Crippen LogP contribution < -0.4 is 5.73 Å². The van der Waals surface area contributed by atoms with E-state index in [9.17, 15) is 0 Å². The highest BCUT2D eigenvalue weighted by Gasteiger charge is 2.18. The molecule has 5 heteroatoms. The second-order valence-corrected chi connectivity index (χ2v) is 4.00. The highest BCUT2D eigenvalue weighted by atomic mass is 16.5. The van der Waals surface area contributed by atoms with Crippen LogP contribution in [0.15, 0.2) is 16.7 Å². The zero-order chi connectivity index (χ0) is 11.0. The summed E-state index contributed by atoms with van der Waals surface area (Å²) < 4.78 is 10.8. The first-order chi connectivity index (χ1) is 7.83. The summed E-state index contributed by atoms with van der Waals surface area (Å²) in [6, 6.07) is 1.78. The molecule has 0 saturated carbocycles. The van der Waals surface area contributed by atoms with Gasteiger partial charge in [0.15, 0.2) is 0 Å². The largest absolute Gasteiger partial charge is 0.446 e. The summed E-state index contributed by atoms with van der Waals surface area (Å²) in [5.41, 5.74) is 6.38. The summed E-state index contributed by atoms with van der Waals surface area (Å²) in [5, 5.41) is 0.774. The van der Waals surface area contributed by atoms with E-state index < -0.39 is 0 Å². The van der Waals surface area contributed by atoms with Crippen LogP contribution in [0.2, 0.25) is 0 Å². The number of hydrogen-bond donors (Lipinski definition) is 1. The maximum atomic E-state index is 5.82. The molecule has 0 bridgehead atoms. The molecule has 3 heterocycles. The number of anilines is 1. The molecule has 0 spiro atoms. The predicted octanol–water partition coefficient (Wildman–Crippen LogP) is 1.53. The highest BCUT2D eigenvalue weighted by Crippen LogP contribution is 2.21. The van der Waals surface area contributed by atoms with Gasteiger partial charge in [0.1, 0.15) is 11.6 Å². The first kappa shape index (κ1) is 9.59. The fourth-order valence-corrected chi connectivity index (χ4v) is 2.02. The molecule has 0 aliphatic carbocycles. The molecule has 0 amide bonds. The zero-order valence-electron chi connectivity index (χ0n) is 8.85. The molecular weight excluding hydrogens is 206 g/mol. The lowest BCUT2D eigenvalue weighted by Gasteiger charge is -2.07. The van der Waals surface area contributed by atoms with Crippen LogP contribution in [0.4, 0.5) is 5.82 Å². The Morgan fingerprint density at radius 1 is 1.44 bits per heavy atom. The number of fused-ring (bicyclic) bond motifs is 1. The molecule has 0 unspecified atom stereocenters. The molecule has 1 aliphatic rings. The summed E-state index contributed by atoms with van der Waals surface area (Å²) in [6.07, 6.45) is 4.70. The molecule has 1 fully saturated rings. The molecule has 2 N–H and O–H groups in total. The zero-order valence-corrected chi connectivity index (χ0v) is 8.85. The third-order valence-corrected chi connectivity index (χ3v) is 2.84. The van der Waals surface area contributed by atoms with Gasteiger partial charge in [0.05, 0.1) is 17.8 Å². The summed E-state index contributed by atoms with van der Waals surface area (Å²) in [7, 11) is 0. The van der Waals surface area contributed by atoms with E-state index in [2.05, 4.69) is 9.97 Å². The summed E-state index contributed by atoms with van der Waals surface area (Å²) in [4.78, 5) is 8.59. The van der Waals surface area contributed by atoms with E-state index in [-0.39, 0.29) is 6.10 Å². The molecule has 5 nitrogen and oxygen atoms in total. The van der Waals surface area contributed by atoms with Gasteiger partial charge in [-0.2, -0.15) is 4.98 Å². The number of furan rings is 1. The van der Waals surface area contributed by atoms with Gasteiger partial charge in [0.25, 0.3) is 0 Å². The summed E-state index contributed by atoms with van der Waals surface area (Å²) in [5.74, 6) is 1.18. The molecule has 16 heavy (non-hydrogen) atoms. The van der Waals surface area contributed by atoms with Crippen LogP contribution in [0.1, 0.15) is 18.7 Å². The molecule has 2 aromatic rings. The Morgan fingerprint density at radius 3 is 3.19 bits per heavy atom. The van der Waals surface area contributed by atoms with Crippen molar-refractivity contribution < 1.29 is 9.15 Å². The lowest BCUT2D eigenvalue weighted by atomic mass is 10.2. The van der Waals surface area contributed by atoms with E-state index >= 15 is 0 Å². The van der Waals surface area contributed by atoms with Crippen LogP contribution in [-0.2, 0) is 11.2 Å². The van der Waals surface area contributed by atoms with E-state index in [1.165, 1.54) is 0 Å². The molecule has 0 aromatic carbocycles. The van der Waals surface area contributed by atoms with E-state index in [0.717, 1.165) is 24.8 Å². The van der Waals surface area contributed by atoms with Gasteiger partial charge in [-0.3, -0.25) is 0 Å². The van der Waals surface area contributed by atoms with Crippen molar-refractivity contribution in [1.29, 1.82) is 0 Å². The van der Waals surface area contributed by atoms with Crippen molar-refractivity contribution in [3.8, 4) is 0 Å². The van der Waals surface area contributed by atoms with Crippen LogP contribution in [0, 0.1) is 0 Å². The van der Waals surface area contributed by atoms with Gasteiger partial charge >= 0.3 is 0 Å². The van der Waals surface area contributed by atoms with E-state index in [4.69, 9.17) is 14.9 Å². The maximum absolute atomic E-state index is 5.82. The van der Waals surface area contributed by atoms with Gasteiger partial charge in [-0.25, -0.2) is 4.98 Å². The van der Waals surface area contributed by atoms with E-state index in [0.29, 0.717) is 23.8 Å². The third kappa shape index (κ3) is 1.63. The molecule has 1 atom stereocenters. The van der Waals surface area contributed by atoms with Crippen molar-refractivity contribution >= 4 is 16.9 Å².